The van der Waals surface area contributed by atoms with Crippen molar-refractivity contribution < 1.29 is 9.59 Å². The molecular weight excluding hydrogens is 426 g/mol. The minimum absolute atomic E-state index is 0.0607. The van der Waals surface area contributed by atoms with Gasteiger partial charge in [-0.1, -0.05) is 36.2 Å². The van der Waals surface area contributed by atoms with Crippen LogP contribution in [0.25, 0.3) is 0 Å². The van der Waals surface area contributed by atoms with Crippen molar-refractivity contribution in [3.05, 3.63) is 52.3 Å². The van der Waals surface area contributed by atoms with Crippen molar-refractivity contribution >= 4 is 23.4 Å². The molecule has 0 unspecified atom stereocenters. The van der Waals surface area contributed by atoms with Crippen molar-refractivity contribution in [1.82, 2.24) is 24.5 Å². The molecule has 0 atom stereocenters. The Balaban J connectivity index is 1.23. The van der Waals surface area contributed by atoms with E-state index in [4.69, 9.17) is 11.6 Å². The first-order valence-electron chi connectivity index (χ1n) is 11.7. The lowest BCUT2D eigenvalue weighted by Crippen LogP contribution is -2.48. The quantitative estimate of drug-likeness (QED) is 0.709. The number of benzene rings is 1. The zero-order valence-electron chi connectivity index (χ0n) is 18.4. The maximum atomic E-state index is 13.1. The first-order valence-corrected chi connectivity index (χ1v) is 12.1. The summed E-state index contributed by atoms with van der Waals surface area (Å²) in [5, 5.41) is 5.14. The number of likely N-dealkylation sites (tertiary alicyclic amines) is 2. The molecule has 4 heterocycles. The number of halogens is 1. The second-order valence-electron chi connectivity index (χ2n) is 9.08. The third-order valence-corrected chi connectivity index (χ3v) is 7.43. The lowest BCUT2D eigenvalue weighted by atomic mass is 9.99. The molecule has 0 radical (unpaired) electrons. The van der Waals surface area contributed by atoms with Crippen LogP contribution in [-0.4, -0.2) is 75.1 Å². The maximum absolute atomic E-state index is 13.1. The van der Waals surface area contributed by atoms with E-state index in [0.29, 0.717) is 42.1 Å². The summed E-state index contributed by atoms with van der Waals surface area (Å²) in [6, 6.07) is 9.83. The third kappa shape index (κ3) is 4.28. The maximum Gasteiger partial charge on any atom is 0.274 e. The van der Waals surface area contributed by atoms with Crippen molar-refractivity contribution in [2.75, 3.05) is 32.7 Å². The Morgan fingerprint density at radius 2 is 1.75 bits per heavy atom. The molecule has 0 bridgehead atoms. The Morgan fingerprint density at radius 3 is 2.50 bits per heavy atom. The summed E-state index contributed by atoms with van der Waals surface area (Å²) in [4.78, 5) is 32.5. The predicted molar refractivity (Wildman–Crippen MR) is 123 cm³/mol. The molecule has 2 aromatic rings. The van der Waals surface area contributed by atoms with E-state index in [9.17, 15) is 9.59 Å². The molecular formula is C24H30ClN5O2. The molecule has 0 aliphatic carbocycles. The Morgan fingerprint density at radius 1 is 1.00 bits per heavy atom. The van der Waals surface area contributed by atoms with Gasteiger partial charge in [0.05, 0.1) is 6.54 Å². The summed E-state index contributed by atoms with van der Waals surface area (Å²) in [5.74, 6) is -0.166. The van der Waals surface area contributed by atoms with Crippen LogP contribution in [0.3, 0.4) is 0 Å². The van der Waals surface area contributed by atoms with Gasteiger partial charge in [0.25, 0.3) is 11.8 Å². The fourth-order valence-electron chi connectivity index (χ4n) is 5.21. The topological polar surface area (TPSA) is 61.7 Å². The monoisotopic (exact) mass is 455 g/mol. The lowest BCUT2D eigenvalue weighted by molar-refractivity contribution is 0.0582. The summed E-state index contributed by atoms with van der Waals surface area (Å²) < 4.78 is 1.68. The molecule has 0 spiro atoms. The SMILES string of the molecule is O=C(c1cc2n(n1)CCN(Cc1ccccc1Cl)C2=O)N1CCC(N2CCCCC2)CC1. The number of aromatic nitrogens is 2. The van der Waals surface area contributed by atoms with Crippen molar-refractivity contribution in [3.63, 3.8) is 0 Å². The van der Waals surface area contributed by atoms with Crippen molar-refractivity contribution in [2.45, 2.75) is 51.2 Å². The van der Waals surface area contributed by atoms with Crippen LogP contribution in [0.4, 0.5) is 0 Å². The number of hydrogen-bond donors (Lipinski definition) is 0. The number of hydrogen-bond acceptors (Lipinski definition) is 4. The summed E-state index contributed by atoms with van der Waals surface area (Å²) in [6.45, 7) is 5.49. The van der Waals surface area contributed by atoms with E-state index in [0.717, 1.165) is 31.5 Å². The van der Waals surface area contributed by atoms with Gasteiger partial charge in [-0.15, -0.1) is 0 Å². The van der Waals surface area contributed by atoms with Gasteiger partial charge in [-0.25, -0.2) is 0 Å². The molecule has 2 amide bonds. The molecule has 1 aromatic carbocycles. The number of nitrogens with zero attached hydrogens (tertiary/aromatic N) is 5. The fourth-order valence-corrected chi connectivity index (χ4v) is 5.40. The number of rotatable bonds is 4. The Bertz CT molecular complexity index is 992. The van der Waals surface area contributed by atoms with Crippen LogP contribution in [0.5, 0.6) is 0 Å². The largest absolute Gasteiger partial charge is 0.337 e. The van der Waals surface area contributed by atoms with Gasteiger partial charge in [0.1, 0.15) is 5.69 Å². The van der Waals surface area contributed by atoms with E-state index < -0.39 is 0 Å². The molecule has 5 rings (SSSR count). The van der Waals surface area contributed by atoms with E-state index in [-0.39, 0.29) is 11.8 Å². The van der Waals surface area contributed by atoms with Crippen LogP contribution in [0.1, 0.15) is 58.6 Å². The van der Waals surface area contributed by atoms with E-state index in [1.165, 1.54) is 32.4 Å². The highest BCUT2D eigenvalue weighted by molar-refractivity contribution is 6.31. The minimum atomic E-state index is -0.105. The molecule has 32 heavy (non-hydrogen) atoms. The van der Waals surface area contributed by atoms with Gasteiger partial charge in [-0.2, -0.15) is 5.10 Å². The minimum Gasteiger partial charge on any atom is -0.337 e. The van der Waals surface area contributed by atoms with Crippen LogP contribution < -0.4 is 0 Å². The van der Waals surface area contributed by atoms with Crippen LogP contribution in [-0.2, 0) is 13.1 Å². The highest BCUT2D eigenvalue weighted by atomic mass is 35.5. The van der Waals surface area contributed by atoms with Crippen molar-refractivity contribution in [3.8, 4) is 0 Å². The Hall–Kier alpha value is -2.38. The zero-order valence-corrected chi connectivity index (χ0v) is 19.1. The van der Waals surface area contributed by atoms with E-state index in [1.807, 2.05) is 29.2 Å². The van der Waals surface area contributed by atoms with Gasteiger partial charge in [-0.3, -0.25) is 14.3 Å². The Labute approximate surface area is 193 Å². The highest BCUT2D eigenvalue weighted by Gasteiger charge is 2.32. The summed E-state index contributed by atoms with van der Waals surface area (Å²) >= 11 is 6.27. The van der Waals surface area contributed by atoms with E-state index in [2.05, 4.69) is 10.00 Å². The smallest absolute Gasteiger partial charge is 0.274 e. The lowest BCUT2D eigenvalue weighted by Gasteiger charge is -2.40. The third-order valence-electron chi connectivity index (χ3n) is 7.06. The first kappa shape index (κ1) is 21.5. The second-order valence-corrected chi connectivity index (χ2v) is 9.48. The molecule has 3 aliphatic heterocycles. The fraction of sp³-hybridized carbons (Fsp3) is 0.542. The summed E-state index contributed by atoms with van der Waals surface area (Å²) in [5.41, 5.74) is 1.78. The molecule has 3 aliphatic rings. The number of piperidine rings is 2. The average Bonchev–Trinajstić information content (AvgIpc) is 3.28. The molecule has 170 valence electrons. The summed E-state index contributed by atoms with van der Waals surface area (Å²) in [6.07, 6.45) is 5.96. The molecule has 1 aromatic heterocycles. The van der Waals surface area contributed by atoms with Crippen molar-refractivity contribution in [2.24, 2.45) is 0 Å². The second kappa shape index (κ2) is 9.24. The molecule has 2 fully saturated rings. The normalized spacial score (nSPS) is 20.5. The highest BCUT2D eigenvalue weighted by Crippen LogP contribution is 2.24. The molecule has 8 heteroatoms. The number of carbonyl (C=O) groups is 2. The van der Waals surface area contributed by atoms with Crippen molar-refractivity contribution in [1.29, 1.82) is 0 Å². The number of fused-ring (bicyclic) bond motifs is 1. The van der Waals surface area contributed by atoms with Crippen LogP contribution in [0.15, 0.2) is 30.3 Å². The van der Waals surface area contributed by atoms with E-state index in [1.54, 1.807) is 15.6 Å². The van der Waals surface area contributed by atoms with Gasteiger partial charge in [0, 0.05) is 43.3 Å². The molecule has 0 N–H and O–H groups in total. The summed E-state index contributed by atoms with van der Waals surface area (Å²) in [7, 11) is 0. The predicted octanol–water partition coefficient (Wildman–Crippen LogP) is 3.28. The standard InChI is InChI=1S/C24H30ClN5O2/c25-20-7-3-2-6-18(20)17-29-14-15-30-22(24(29)32)16-21(26-30)23(31)28-12-8-19(9-13-28)27-10-4-1-5-11-27/h2-3,6-7,16,19H,1,4-5,8-15,17H2. The van der Waals surface area contributed by atoms with E-state index >= 15 is 0 Å². The van der Waals surface area contributed by atoms with Gasteiger partial charge in [-0.05, 0) is 50.4 Å². The van der Waals surface area contributed by atoms with Gasteiger partial charge in [0.2, 0.25) is 0 Å². The number of amides is 2. The number of carbonyl (C=O) groups excluding carboxylic acids is 2. The molecule has 2 saturated heterocycles. The van der Waals surface area contributed by atoms with Gasteiger partial charge >= 0.3 is 0 Å². The average molecular weight is 456 g/mol. The molecule has 0 saturated carbocycles. The van der Waals surface area contributed by atoms with Gasteiger partial charge in [0.15, 0.2) is 5.69 Å². The van der Waals surface area contributed by atoms with Crippen LogP contribution in [0, 0.1) is 0 Å². The molecule has 7 nitrogen and oxygen atoms in total. The first-order chi connectivity index (χ1) is 15.6. The Kier molecular flexibility index (Phi) is 6.20. The van der Waals surface area contributed by atoms with Crippen LogP contribution in [0.2, 0.25) is 5.02 Å². The van der Waals surface area contributed by atoms with Crippen LogP contribution >= 0.6 is 11.6 Å². The van der Waals surface area contributed by atoms with Gasteiger partial charge < -0.3 is 14.7 Å². The zero-order chi connectivity index (χ0) is 22.1.